The fraction of sp³-hybridized carbons (Fsp3) is 0.909. The van der Waals surface area contributed by atoms with Crippen molar-refractivity contribution in [3.05, 3.63) is 11.6 Å². The van der Waals surface area contributed by atoms with Crippen LogP contribution in [0, 0.1) is 0 Å². The molecule has 0 amide bonds. The molecule has 0 unspecified atom stereocenters. The Kier molecular flexibility index (Phi) is 20.2. The SMILES string of the molecule is CCC[CH2][Sn]([CH2]CCC)([CH2]CCC)[CH2]C/C([O-])=C/P(=O)(OC(C)C)OC(C)C.[Na+]. The molecule has 0 aliphatic heterocycles. The largest absolute Gasteiger partial charge is 1.00 e. The summed E-state index contributed by atoms with van der Waals surface area (Å²) in [4.78, 5) is 0. The molecule has 168 valence electrons. The van der Waals surface area contributed by atoms with E-state index in [0.717, 1.165) is 4.44 Å². The van der Waals surface area contributed by atoms with E-state index in [0.29, 0.717) is 6.42 Å². The predicted molar refractivity (Wildman–Crippen MR) is 122 cm³/mol. The molecule has 7 heteroatoms. The summed E-state index contributed by atoms with van der Waals surface area (Å²) in [6.07, 6.45) is 7.62. The number of allylic oxidation sites excluding steroid dienone is 1. The van der Waals surface area contributed by atoms with Crippen LogP contribution in [0.3, 0.4) is 0 Å². The zero-order valence-corrected chi connectivity index (χ0v) is 26.3. The molecule has 0 aromatic rings. The van der Waals surface area contributed by atoms with E-state index in [1.807, 2.05) is 27.7 Å². The Morgan fingerprint density at radius 3 is 1.55 bits per heavy atom. The van der Waals surface area contributed by atoms with Crippen LogP contribution in [0.5, 0.6) is 0 Å². The van der Waals surface area contributed by atoms with Gasteiger partial charge in [0.2, 0.25) is 0 Å². The maximum Gasteiger partial charge on any atom is 1.00 e. The van der Waals surface area contributed by atoms with Gasteiger partial charge in [-0.2, -0.15) is 0 Å². The number of hydrogen-bond donors (Lipinski definition) is 0. The molecule has 4 nitrogen and oxygen atoms in total. The summed E-state index contributed by atoms with van der Waals surface area (Å²) in [7, 11) is -3.48. The van der Waals surface area contributed by atoms with Crippen molar-refractivity contribution in [1.82, 2.24) is 0 Å². The van der Waals surface area contributed by atoms with Crippen molar-refractivity contribution < 1.29 is 48.3 Å². The number of rotatable bonds is 17. The van der Waals surface area contributed by atoms with Crippen LogP contribution in [0.15, 0.2) is 11.6 Å². The van der Waals surface area contributed by atoms with Crippen LogP contribution in [0.1, 0.15) is 93.4 Å². The zero-order valence-electron chi connectivity index (χ0n) is 20.6. The van der Waals surface area contributed by atoms with Gasteiger partial charge in [0, 0.05) is 0 Å². The molecular formula is C22H46NaO4PSn. The summed E-state index contributed by atoms with van der Waals surface area (Å²) >= 11 is -2.34. The molecule has 0 radical (unpaired) electrons. The number of hydrogen-bond acceptors (Lipinski definition) is 4. The summed E-state index contributed by atoms with van der Waals surface area (Å²) < 4.78 is 29.3. The van der Waals surface area contributed by atoms with Crippen LogP contribution in [0.25, 0.3) is 0 Å². The van der Waals surface area contributed by atoms with Crippen molar-refractivity contribution in [1.29, 1.82) is 0 Å². The van der Waals surface area contributed by atoms with Gasteiger partial charge in [0.15, 0.2) is 0 Å². The van der Waals surface area contributed by atoms with Crippen LogP contribution >= 0.6 is 7.60 Å². The molecular weight excluding hydrogens is 501 g/mol. The smallest absolute Gasteiger partial charge is 1.00 e. The van der Waals surface area contributed by atoms with Gasteiger partial charge in [-0.25, -0.2) is 0 Å². The van der Waals surface area contributed by atoms with Gasteiger partial charge in [0.25, 0.3) is 0 Å². The molecule has 0 aromatic carbocycles. The predicted octanol–water partition coefficient (Wildman–Crippen LogP) is 4.47. The van der Waals surface area contributed by atoms with Crippen molar-refractivity contribution >= 4 is 26.0 Å². The fourth-order valence-electron chi connectivity index (χ4n) is 3.71. The minimum Gasteiger partial charge on any atom is 1.00 e. The van der Waals surface area contributed by atoms with Crippen LogP contribution in [0.2, 0.25) is 17.7 Å². The zero-order chi connectivity index (χ0) is 21.6. The van der Waals surface area contributed by atoms with Crippen molar-refractivity contribution in [2.24, 2.45) is 0 Å². The Labute approximate surface area is 207 Å². The number of unbranched alkanes of at least 4 members (excludes halogenated alkanes) is 3. The normalized spacial score (nSPS) is 13.2. The van der Waals surface area contributed by atoms with Crippen LogP contribution < -0.4 is 34.7 Å². The maximum absolute atomic E-state index is 13.0. The van der Waals surface area contributed by atoms with Gasteiger partial charge in [0.1, 0.15) is 0 Å². The molecule has 0 saturated carbocycles. The van der Waals surface area contributed by atoms with Gasteiger partial charge in [-0.05, 0) is 0 Å². The molecule has 0 fully saturated rings. The quantitative estimate of drug-likeness (QED) is 0.153. The van der Waals surface area contributed by atoms with Gasteiger partial charge in [-0.15, -0.1) is 0 Å². The second-order valence-electron chi connectivity index (χ2n) is 8.75. The Balaban J connectivity index is 0. The van der Waals surface area contributed by atoms with Crippen molar-refractivity contribution in [3.63, 3.8) is 0 Å². The van der Waals surface area contributed by atoms with Gasteiger partial charge in [0.05, 0.1) is 0 Å². The first-order valence-electron chi connectivity index (χ1n) is 11.5. The fourth-order valence-corrected chi connectivity index (χ4v) is 21.5. The first kappa shape index (κ1) is 32.7. The van der Waals surface area contributed by atoms with Gasteiger partial charge < -0.3 is 0 Å². The minimum absolute atomic E-state index is 0. The Morgan fingerprint density at radius 2 is 1.24 bits per heavy atom. The summed E-state index contributed by atoms with van der Waals surface area (Å²) in [6.45, 7) is 14.0. The van der Waals surface area contributed by atoms with E-state index in [2.05, 4.69) is 20.8 Å². The third kappa shape index (κ3) is 15.9. The third-order valence-electron chi connectivity index (χ3n) is 5.10. The molecule has 0 bridgehead atoms. The van der Waals surface area contributed by atoms with E-state index in [4.69, 9.17) is 9.05 Å². The van der Waals surface area contributed by atoms with Crippen LogP contribution in [0.4, 0.5) is 0 Å². The summed E-state index contributed by atoms with van der Waals surface area (Å²) in [5.74, 6) is 1.21. The Bertz CT molecular complexity index is 448. The Morgan fingerprint density at radius 1 is 0.862 bits per heavy atom. The monoisotopic (exact) mass is 548 g/mol. The molecule has 0 spiro atoms. The second-order valence-corrected chi connectivity index (χ2v) is 24.8. The standard InChI is InChI=1S/C10H20O4P.3C4H9.Na.Sn/c1-6-10(11)7-15(12,13-8(2)3)14-9(4)5;3*1-3-4-2;;/h7-9,11H,1,6H2,2-5H3;3*1,3-4H2,2H3;;/q;;;;+1;/p-1/b10-7-;;;;;. The molecule has 0 aliphatic rings. The van der Waals surface area contributed by atoms with E-state index >= 15 is 0 Å². The van der Waals surface area contributed by atoms with Crippen LogP contribution in [-0.2, 0) is 13.6 Å². The first-order chi connectivity index (χ1) is 13.1. The van der Waals surface area contributed by atoms with E-state index in [1.54, 1.807) is 0 Å². The van der Waals surface area contributed by atoms with E-state index < -0.39 is 26.0 Å². The maximum atomic E-state index is 13.0. The molecule has 0 N–H and O–H groups in total. The molecule has 0 rings (SSSR count). The van der Waals surface area contributed by atoms with E-state index in [9.17, 15) is 9.67 Å². The first-order valence-corrected chi connectivity index (χ1v) is 21.2. The third-order valence-corrected chi connectivity index (χ3v) is 23.0. The molecule has 0 aliphatic carbocycles. The van der Waals surface area contributed by atoms with E-state index in [-0.39, 0.29) is 47.5 Å². The minimum atomic E-state index is -3.48. The average Bonchev–Trinajstić information content (AvgIpc) is 2.58. The van der Waals surface area contributed by atoms with Crippen molar-refractivity contribution in [2.45, 2.75) is 123 Å². The van der Waals surface area contributed by atoms with Gasteiger partial charge in [-0.1, -0.05) is 0 Å². The van der Waals surface area contributed by atoms with Crippen molar-refractivity contribution in [3.8, 4) is 0 Å². The topological polar surface area (TPSA) is 58.6 Å². The van der Waals surface area contributed by atoms with Gasteiger partial charge >= 0.3 is 209 Å². The molecule has 29 heavy (non-hydrogen) atoms. The van der Waals surface area contributed by atoms with Crippen LogP contribution in [-0.4, -0.2) is 30.6 Å². The molecule has 0 atom stereocenters. The molecule has 0 aromatic heterocycles. The van der Waals surface area contributed by atoms with Gasteiger partial charge in [-0.3, -0.25) is 0 Å². The summed E-state index contributed by atoms with van der Waals surface area (Å²) in [5.41, 5.74) is 0. The summed E-state index contributed by atoms with van der Waals surface area (Å²) in [5, 5.41) is 12.7. The molecule has 0 heterocycles. The van der Waals surface area contributed by atoms with Crippen molar-refractivity contribution in [2.75, 3.05) is 0 Å². The second kappa shape index (κ2) is 18.0. The summed E-state index contributed by atoms with van der Waals surface area (Å²) in [6, 6.07) is 0. The van der Waals surface area contributed by atoms with E-state index in [1.165, 1.54) is 57.7 Å². The Hall–Kier alpha value is 1.49. The average molecular weight is 547 g/mol. The molecule has 0 saturated heterocycles.